The molecule has 0 aliphatic carbocycles. The van der Waals surface area contributed by atoms with Gasteiger partial charge in [-0.25, -0.2) is 9.97 Å². The number of hydrogen-bond donors (Lipinski definition) is 1. The molecule has 3 fully saturated rings. The van der Waals surface area contributed by atoms with Crippen LogP contribution in [0, 0.1) is 31.6 Å². The first-order valence-electron chi connectivity index (χ1n) is 12.7. The van der Waals surface area contributed by atoms with E-state index < -0.39 is 0 Å². The number of carbonyl (C=O) groups is 2. The number of nitrogens with zero attached hydrogens (tertiary/aromatic N) is 4. The fraction of sp³-hybridized carbons (Fsp3) is 0.556. The number of amides is 2. The molecule has 0 saturated carbocycles. The van der Waals surface area contributed by atoms with Crippen LogP contribution in [0.15, 0.2) is 36.7 Å². The second-order valence-corrected chi connectivity index (χ2v) is 10.2. The highest BCUT2D eigenvalue weighted by Gasteiger charge is 2.42. The Labute approximate surface area is 207 Å². The molecule has 5 rings (SSSR count). The van der Waals surface area contributed by atoms with Crippen molar-refractivity contribution in [3.8, 4) is 0 Å². The molecule has 8 nitrogen and oxygen atoms in total. The maximum atomic E-state index is 13.2. The molecule has 2 amide bonds. The highest BCUT2D eigenvalue weighted by atomic mass is 16.5. The number of nitrogens with one attached hydrogen (secondary N) is 1. The minimum absolute atomic E-state index is 0.00755. The molecule has 4 heterocycles. The molecule has 8 heteroatoms. The van der Waals surface area contributed by atoms with Crippen LogP contribution in [0.2, 0.25) is 0 Å². The van der Waals surface area contributed by atoms with E-state index in [0.29, 0.717) is 30.6 Å². The molecule has 4 atom stereocenters. The van der Waals surface area contributed by atoms with Gasteiger partial charge in [0.25, 0.3) is 5.91 Å². The summed E-state index contributed by atoms with van der Waals surface area (Å²) in [5.74, 6) is 1.09. The molecule has 3 aliphatic heterocycles. The summed E-state index contributed by atoms with van der Waals surface area (Å²) in [6.07, 6.45) is 3.18. The first-order chi connectivity index (χ1) is 17.0. The van der Waals surface area contributed by atoms with E-state index in [2.05, 4.69) is 32.3 Å². The van der Waals surface area contributed by atoms with Crippen LogP contribution in [0.25, 0.3) is 0 Å². The number of aryl methyl sites for hydroxylation is 2. The lowest BCUT2D eigenvalue weighted by Crippen LogP contribution is -2.37. The zero-order valence-corrected chi connectivity index (χ0v) is 20.7. The zero-order valence-electron chi connectivity index (χ0n) is 20.7. The number of fused-ring (bicyclic) bond motifs is 1. The third-order valence-corrected chi connectivity index (χ3v) is 7.84. The molecule has 1 aromatic carbocycles. The monoisotopic (exact) mass is 477 g/mol. The molecule has 0 bridgehead atoms. The minimum atomic E-state index is -0.0434. The van der Waals surface area contributed by atoms with E-state index in [-0.39, 0.29) is 23.8 Å². The van der Waals surface area contributed by atoms with Gasteiger partial charge in [0.05, 0.1) is 35.5 Å². The smallest absolute Gasteiger partial charge is 0.257 e. The molecule has 2 aromatic rings. The summed E-state index contributed by atoms with van der Waals surface area (Å²) >= 11 is 0. The number of likely N-dealkylation sites (tertiary alicyclic amines) is 2. The van der Waals surface area contributed by atoms with Crippen molar-refractivity contribution in [2.24, 2.45) is 17.8 Å². The fourth-order valence-electron chi connectivity index (χ4n) is 5.85. The van der Waals surface area contributed by atoms with E-state index in [0.717, 1.165) is 62.5 Å². The van der Waals surface area contributed by atoms with Crippen LogP contribution in [-0.4, -0.2) is 77.5 Å². The van der Waals surface area contributed by atoms with Gasteiger partial charge >= 0.3 is 0 Å². The summed E-state index contributed by atoms with van der Waals surface area (Å²) in [4.78, 5) is 38.9. The van der Waals surface area contributed by atoms with Crippen molar-refractivity contribution in [2.75, 3.05) is 45.9 Å². The Morgan fingerprint density at radius 1 is 1.06 bits per heavy atom. The molecule has 0 radical (unpaired) electrons. The van der Waals surface area contributed by atoms with E-state index in [1.807, 2.05) is 36.9 Å². The zero-order chi connectivity index (χ0) is 24.4. The summed E-state index contributed by atoms with van der Waals surface area (Å²) in [7, 11) is 0. The highest BCUT2D eigenvalue weighted by Crippen LogP contribution is 2.33. The Kier molecular flexibility index (Phi) is 7.11. The molecule has 1 N–H and O–H groups in total. The molecule has 3 aliphatic rings. The lowest BCUT2D eigenvalue weighted by molar-refractivity contribution is -0.125. The maximum absolute atomic E-state index is 13.2. The third kappa shape index (κ3) is 5.23. The summed E-state index contributed by atoms with van der Waals surface area (Å²) in [5, 5.41) is 3.29. The van der Waals surface area contributed by atoms with Crippen LogP contribution in [0.5, 0.6) is 0 Å². The summed E-state index contributed by atoms with van der Waals surface area (Å²) in [5.41, 5.74) is 3.30. The standard InChI is InChI=1S/C27H35N5O3/c1-18-25(19(2)29-17-28-18)27(34)32-14-22-12-31(13-23(22)15-32)10-8-24(20-6-4-3-5-7-20)30-26(33)21-9-11-35-16-21/h3-7,17,21-24H,8-16H2,1-2H3,(H,30,33)/t21?,22-,23?,24-/m0/s1. The van der Waals surface area contributed by atoms with Crippen LogP contribution in [0.4, 0.5) is 0 Å². The van der Waals surface area contributed by atoms with Crippen molar-refractivity contribution in [1.82, 2.24) is 25.1 Å². The number of carbonyl (C=O) groups excluding carboxylic acids is 2. The van der Waals surface area contributed by atoms with E-state index in [1.54, 1.807) is 0 Å². The number of ether oxygens (including phenoxy) is 1. The SMILES string of the molecule is Cc1ncnc(C)c1C(=O)N1CC2CN(CC[C@H](NC(=O)C3CCOC3)c3ccccc3)C[C@H]2C1. The Hall–Kier alpha value is -2.84. The van der Waals surface area contributed by atoms with Gasteiger partial charge in [0, 0.05) is 39.3 Å². The van der Waals surface area contributed by atoms with E-state index >= 15 is 0 Å². The summed E-state index contributed by atoms with van der Waals surface area (Å²) in [6, 6.07) is 10.2. The lowest BCUT2D eigenvalue weighted by Gasteiger charge is -2.25. The molecule has 2 unspecified atom stereocenters. The number of aromatic nitrogens is 2. The van der Waals surface area contributed by atoms with E-state index in [4.69, 9.17) is 4.74 Å². The van der Waals surface area contributed by atoms with Gasteiger partial charge in [-0.3, -0.25) is 9.59 Å². The van der Waals surface area contributed by atoms with Crippen LogP contribution < -0.4 is 5.32 Å². The van der Waals surface area contributed by atoms with Crippen molar-refractivity contribution >= 4 is 11.8 Å². The minimum Gasteiger partial charge on any atom is -0.381 e. The van der Waals surface area contributed by atoms with Crippen molar-refractivity contribution in [2.45, 2.75) is 32.7 Å². The third-order valence-electron chi connectivity index (χ3n) is 7.84. The van der Waals surface area contributed by atoms with Gasteiger partial charge in [0.1, 0.15) is 6.33 Å². The first kappa shape index (κ1) is 23.9. The van der Waals surface area contributed by atoms with Gasteiger partial charge in [0.15, 0.2) is 0 Å². The first-order valence-corrected chi connectivity index (χ1v) is 12.7. The molecule has 1 aromatic heterocycles. The second kappa shape index (κ2) is 10.4. The molecule has 35 heavy (non-hydrogen) atoms. The van der Waals surface area contributed by atoms with Gasteiger partial charge < -0.3 is 19.9 Å². The average molecular weight is 478 g/mol. The number of benzene rings is 1. The van der Waals surface area contributed by atoms with Crippen LogP contribution >= 0.6 is 0 Å². The predicted octanol–water partition coefficient (Wildman–Crippen LogP) is 2.38. The van der Waals surface area contributed by atoms with Crippen molar-refractivity contribution in [3.05, 3.63) is 59.2 Å². The van der Waals surface area contributed by atoms with Crippen molar-refractivity contribution < 1.29 is 14.3 Å². The fourth-order valence-corrected chi connectivity index (χ4v) is 5.85. The quantitative estimate of drug-likeness (QED) is 0.659. The van der Waals surface area contributed by atoms with E-state index in [9.17, 15) is 9.59 Å². The molecular formula is C27H35N5O3. The normalized spacial score (nSPS) is 25.0. The maximum Gasteiger partial charge on any atom is 0.257 e. The number of hydrogen-bond acceptors (Lipinski definition) is 6. The van der Waals surface area contributed by atoms with Crippen LogP contribution in [0.3, 0.4) is 0 Å². The van der Waals surface area contributed by atoms with Gasteiger partial charge in [-0.05, 0) is 44.1 Å². The number of rotatable bonds is 7. The lowest BCUT2D eigenvalue weighted by atomic mass is 10.0. The van der Waals surface area contributed by atoms with Crippen LogP contribution in [0.1, 0.15) is 46.2 Å². The Bertz CT molecular complexity index is 1020. The van der Waals surface area contributed by atoms with E-state index in [1.165, 1.54) is 6.33 Å². The Balaban J connectivity index is 1.17. The molecule has 0 spiro atoms. The Morgan fingerprint density at radius 2 is 1.74 bits per heavy atom. The molecular weight excluding hydrogens is 442 g/mol. The average Bonchev–Trinajstić information content (AvgIpc) is 3.59. The largest absolute Gasteiger partial charge is 0.381 e. The van der Waals surface area contributed by atoms with Gasteiger partial charge in [-0.1, -0.05) is 30.3 Å². The summed E-state index contributed by atoms with van der Waals surface area (Å²) in [6.45, 7) is 9.42. The van der Waals surface area contributed by atoms with Gasteiger partial charge in [-0.15, -0.1) is 0 Å². The topological polar surface area (TPSA) is 87.7 Å². The molecule has 3 saturated heterocycles. The predicted molar refractivity (Wildman–Crippen MR) is 132 cm³/mol. The van der Waals surface area contributed by atoms with Gasteiger partial charge in [0.2, 0.25) is 5.91 Å². The highest BCUT2D eigenvalue weighted by molar-refractivity contribution is 5.96. The summed E-state index contributed by atoms with van der Waals surface area (Å²) < 4.78 is 5.41. The second-order valence-electron chi connectivity index (χ2n) is 10.2. The van der Waals surface area contributed by atoms with Crippen molar-refractivity contribution in [3.63, 3.8) is 0 Å². The molecule has 186 valence electrons. The van der Waals surface area contributed by atoms with Gasteiger partial charge in [-0.2, -0.15) is 0 Å². The van der Waals surface area contributed by atoms with Crippen molar-refractivity contribution in [1.29, 1.82) is 0 Å². The Morgan fingerprint density at radius 3 is 2.37 bits per heavy atom. The van der Waals surface area contributed by atoms with Crippen LogP contribution in [-0.2, 0) is 9.53 Å².